The Balaban J connectivity index is 2.08. The predicted octanol–water partition coefficient (Wildman–Crippen LogP) is 1.86. The zero-order chi connectivity index (χ0) is 13.2. The third kappa shape index (κ3) is 2.04. The molecule has 0 spiro atoms. The molecular formula is C14H14N4O. The van der Waals surface area contributed by atoms with E-state index < -0.39 is 0 Å². The highest BCUT2D eigenvalue weighted by atomic mass is 16.5. The lowest BCUT2D eigenvalue weighted by atomic mass is 10.1. The molecule has 3 rings (SSSR count). The highest BCUT2D eigenvalue weighted by Crippen LogP contribution is 2.21. The summed E-state index contributed by atoms with van der Waals surface area (Å²) in [4.78, 5) is 4.25. The molecule has 0 aliphatic heterocycles. The maximum Gasteiger partial charge on any atom is 0.153 e. The fraction of sp³-hybridized carbons (Fsp3) is 0.143. The van der Waals surface area contributed by atoms with Crippen LogP contribution < -0.4 is 10.5 Å². The van der Waals surface area contributed by atoms with Gasteiger partial charge in [-0.15, -0.1) is 0 Å². The van der Waals surface area contributed by atoms with Crippen molar-refractivity contribution in [2.45, 2.75) is 6.54 Å². The molecule has 0 aliphatic rings. The lowest BCUT2D eigenvalue weighted by Crippen LogP contribution is -2.04. The molecule has 1 aromatic carbocycles. The van der Waals surface area contributed by atoms with Crippen molar-refractivity contribution < 1.29 is 4.74 Å². The minimum Gasteiger partial charge on any atom is -0.497 e. The van der Waals surface area contributed by atoms with Gasteiger partial charge in [-0.05, 0) is 36.4 Å². The molecule has 2 heterocycles. The molecule has 5 heteroatoms. The highest BCUT2D eigenvalue weighted by Gasteiger charge is 2.06. The first kappa shape index (κ1) is 11.7. The Kier molecular flexibility index (Phi) is 2.89. The molecule has 0 aliphatic carbocycles. The number of nitrogens with two attached hydrogens (primary N) is 1. The van der Waals surface area contributed by atoms with E-state index in [0.29, 0.717) is 6.54 Å². The molecular weight excluding hydrogens is 240 g/mol. The molecule has 2 aromatic heterocycles. The van der Waals surface area contributed by atoms with Crippen LogP contribution in [0.15, 0.2) is 42.6 Å². The Morgan fingerprint density at radius 1 is 1.16 bits per heavy atom. The van der Waals surface area contributed by atoms with Gasteiger partial charge in [-0.3, -0.25) is 0 Å². The van der Waals surface area contributed by atoms with E-state index in [1.165, 1.54) is 0 Å². The lowest BCUT2D eigenvalue weighted by molar-refractivity contribution is 0.415. The molecule has 0 radical (unpaired) electrons. The van der Waals surface area contributed by atoms with Crippen LogP contribution in [0.5, 0.6) is 5.75 Å². The van der Waals surface area contributed by atoms with Crippen molar-refractivity contribution in [3.05, 3.63) is 48.3 Å². The summed E-state index contributed by atoms with van der Waals surface area (Å²) in [5.41, 5.74) is 9.27. The average Bonchev–Trinajstić information content (AvgIpc) is 2.89. The first-order valence-electron chi connectivity index (χ1n) is 6.00. The molecule has 19 heavy (non-hydrogen) atoms. The second-order valence-electron chi connectivity index (χ2n) is 4.17. The Bertz CT molecular complexity index is 703. The molecule has 0 unspecified atom stereocenters. The van der Waals surface area contributed by atoms with E-state index in [-0.39, 0.29) is 0 Å². The molecule has 96 valence electrons. The van der Waals surface area contributed by atoms with Crippen molar-refractivity contribution in [1.82, 2.24) is 14.6 Å². The zero-order valence-corrected chi connectivity index (χ0v) is 10.6. The van der Waals surface area contributed by atoms with E-state index in [9.17, 15) is 0 Å². The Hall–Kier alpha value is -2.40. The largest absolute Gasteiger partial charge is 0.497 e. The maximum absolute atomic E-state index is 5.67. The lowest BCUT2D eigenvalue weighted by Gasteiger charge is -2.04. The van der Waals surface area contributed by atoms with E-state index in [2.05, 4.69) is 10.1 Å². The Morgan fingerprint density at radius 3 is 2.63 bits per heavy atom. The minimum atomic E-state index is 0.417. The van der Waals surface area contributed by atoms with Gasteiger partial charge in [0.25, 0.3) is 0 Å². The van der Waals surface area contributed by atoms with Crippen molar-refractivity contribution in [3.8, 4) is 17.0 Å². The number of hydrogen-bond acceptors (Lipinski definition) is 4. The van der Waals surface area contributed by atoms with Crippen molar-refractivity contribution in [2.75, 3.05) is 7.11 Å². The van der Waals surface area contributed by atoms with Crippen LogP contribution in [0.25, 0.3) is 16.9 Å². The van der Waals surface area contributed by atoms with E-state index in [1.54, 1.807) is 17.8 Å². The van der Waals surface area contributed by atoms with Crippen LogP contribution in [-0.4, -0.2) is 21.7 Å². The number of imidazole rings is 1. The summed E-state index contributed by atoms with van der Waals surface area (Å²) >= 11 is 0. The number of methoxy groups -OCH3 is 1. The standard InChI is InChI=1S/C14H14N4O/c1-19-12-4-2-10(3-5-12)13-6-7-14-16-9-11(8-15)18(14)17-13/h2-7,9H,8,15H2,1H3. The second kappa shape index (κ2) is 4.70. The number of benzene rings is 1. The van der Waals surface area contributed by atoms with Crippen LogP contribution in [0.3, 0.4) is 0 Å². The first-order chi connectivity index (χ1) is 9.31. The van der Waals surface area contributed by atoms with Gasteiger partial charge in [-0.25, -0.2) is 9.50 Å². The number of hydrogen-bond donors (Lipinski definition) is 1. The summed E-state index contributed by atoms with van der Waals surface area (Å²) in [5.74, 6) is 0.829. The van der Waals surface area contributed by atoms with Crippen LogP contribution in [0.4, 0.5) is 0 Å². The number of fused-ring (bicyclic) bond motifs is 1. The number of nitrogens with zero attached hydrogens (tertiary/aromatic N) is 3. The molecule has 0 atom stereocenters. The van der Waals surface area contributed by atoms with Crippen molar-refractivity contribution in [2.24, 2.45) is 5.73 Å². The number of ether oxygens (including phenoxy) is 1. The van der Waals surface area contributed by atoms with Crippen molar-refractivity contribution in [3.63, 3.8) is 0 Å². The minimum absolute atomic E-state index is 0.417. The van der Waals surface area contributed by atoms with Gasteiger partial charge in [0.05, 0.1) is 24.7 Å². The molecule has 5 nitrogen and oxygen atoms in total. The van der Waals surface area contributed by atoms with Gasteiger partial charge < -0.3 is 10.5 Å². The van der Waals surface area contributed by atoms with Gasteiger partial charge in [0, 0.05) is 12.1 Å². The summed E-state index contributed by atoms with van der Waals surface area (Å²) in [6, 6.07) is 11.7. The van der Waals surface area contributed by atoms with E-state index >= 15 is 0 Å². The second-order valence-corrected chi connectivity index (χ2v) is 4.17. The van der Waals surface area contributed by atoms with Crippen LogP contribution in [0, 0.1) is 0 Å². The topological polar surface area (TPSA) is 65.4 Å². The Morgan fingerprint density at radius 2 is 1.95 bits per heavy atom. The van der Waals surface area contributed by atoms with Gasteiger partial charge in [0.1, 0.15) is 5.75 Å². The van der Waals surface area contributed by atoms with Crippen molar-refractivity contribution in [1.29, 1.82) is 0 Å². The molecule has 0 saturated heterocycles. The average molecular weight is 254 g/mol. The summed E-state index contributed by atoms with van der Waals surface area (Å²) in [5, 5.41) is 4.57. The van der Waals surface area contributed by atoms with E-state index in [4.69, 9.17) is 10.5 Å². The fourth-order valence-corrected chi connectivity index (χ4v) is 1.98. The molecule has 3 aromatic rings. The SMILES string of the molecule is COc1ccc(-c2ccc3ncc(CN)n3n2)cc1. The zero-order valence-electron chi connectivity index (χ0n) is 10.6. The van der Waals surface area contributed by atoms with Crippen LogP contribution in [0.1, 0.15) is 5.69 Å². The van der Waals surface area contributed by atoms with Gasteiger partial charge in [0.15, 0.2) is 5.65 Å². The molecule has 0 bridgehead atoms. The maximum atomic E-state index is 5.67. The molecule has 0 saturated carbocycles. The highest BCUT2D eigenvalue weighted by molar-refractivity contribution is 5.61. The molecule has 0 amide bonds. The van der Waals surface area contributed by atoms with Gasteiger partial charge >= 0.3 is 0 Å². The molecule has 0 fully saturated rings. The van der Waals surface area contributed by atoms with Gasteiger partial charge in [-0.1, -0.05) is 0 Å². The number of rotatable bonds is 3. The van der Waals surface area contributed by atoms with Crippen LogP contribution in [0.2, 0.25) is 0 Å². The third-order valence-electron chi connectivity index (χ3n) is 3.03. The van der Waals surface area contributed by atoms with Crippen LogP contribution >= 0.6 is 0 Å². The summed E-state index contributed by atoms with van der Waals surface area (Å²) in [6.45, 7) is 0.417. The van der Waals surface area contributed by atoms with Crippen molar-refractivity contribution >= 4 is 5.65 Å². The quantitative estimate of drug-likeness (QED) is 0.774. The summed E-state index contributed by atoms with van der Waals surface area (Å²) in [7, 11) is 1.65. The molecule has 2 N–H and O–H groups in total. The smallest absolute Gasteiger partial charge is 0.153 e. The van der Waals surface area contributed by atoms with Crippen LogP contribution in [-0.2, 0) is 6.54 Å². The first-order valence-corrected chi connectivity index (χ1v) is 6.00. The van der Waals surface area contributed by atoms with E-state index in [1.807, 2.05) is 36.4 Å². The summed E-state index contributed by atoms with van der Waals surface area (Å²) in [6.07, 6.45) is 1.75. The van der Waals surface area contributed by atoms with Gasteiger partial charge in [0.2, 0.25) is 0 Å². The van der Waals surface area contributed by atoms with E-state index in [0.717, 1.165) is 28.3 Å². The van der Waals surface area contributed by atoms with Gasteiger partial charge in [-0.2, -0.15) is 5.10 Å². The third-order valence-corrected chi connectivity index (χ3v) is 3.03. The summed E-state index contributed by atoms with van der Waals surface area (Å²) < 4.78 is 6.92. The number of aromatic nitrogens is 3. The Labute approximate surface area is 110 Å². The predicted molar refractivity (Wildman–Crippen MR) is 72.9 cm³/mol. The fourth-order valence-electron chi connectivity index (χ4n) is 1.98. The normalized spacial score (nSPS) is 10.8. The monoisotopic (exact) mass is 254 g/mol.